The molecule has 1 heterocycles. The summed E-state index contributed by atoms with van der Waals surface area (Å²) in [6.45, 7) is 1.70. The molecule has 1 atom stereocenters. The number of hydrogen-bond acceptors (Lipinski definition) is 2. The van der Waals surface area contributed by atoms with Crippen LogP contribution < -0.4 is 0 Å². The van der Waals surface area contributed by atoms with Gasteiger partial charge < -0.3 is 4.79 Å². The molecule has 0 radical (unpaired) electrons. The zero-order valence-electron chi connectivity index (χ0n) is 8.53. The van der Waals surface area contributed by atoms with Gasteiger partial charge in [0.05, 0.1) is 6.04 Å². The van der Waals surface area contributed by atoms with E-state index in [0.717, 1.165) is 37.8 Å². The molecule has 0 N–H and O–H groups in total. The molecule has 0 amide bonds. The summed E-state index contributed by atoms with van der Waals surface area (Å²) >= 11 is 0. The van der Waals surface area contributed by atoms with Crippen molar-refractivity contribution in [3.8, 4) is 0 Å². The molecule has 0 unspecified atom stereocenters. The Bertz CT molecular complexity index is 336. The van der Waals surface area contributed by atoms with Crippen LogP contribution in [0.25, 0.3) is 0 Å². The normalized spacial score (nSPS) is 21.8. The molecule has 2 rings (SSSR count). The zero-order valence-corrected chi connectivity index (χ0v) is 8.53. The van der Waals surface area contributed by atoms with E-state index in [1.54, 1.807) is 12.1 Å². The van der Waals surface area contributed by atoms with Gasteiger partial charge >= 0.3 is 0 Å². The van der Waals surface area contributed by atoms with Crippen LogP contribution in [0.1, 0.15) is 18.4 Å². The predicted octanol–water partition coefficient (Wildman–Crippen LogP) is 1.99. The fourth-order valence-electron chi connectivity index (χ4n) is 2.03. The highest BCUT2D eigenvalue weighted by Gasteiger charge is 2.23. The van der Waals surface area contributed by atoms with Crippen LogP contribution in [0.5, 0.6) is 0 Å². The summed E-state index contributed by atoms with van der Waals surface area (Å²) in [6.07, 6.45) is 3.03. The number of rotatable bonds is 3. The SMILES string of the molecule is O=C[C@@H]1CCCN1Cc1ccc(F)cc1. The predicted molar refractivity (Wildman–Crippen MR) is 55.9 cm³/mol. The van der Waals surface area contributed by atoms with Crippen molar-refractivity contribution in [2.45, 2.75) is 25.4 Å². The van der Waals surface area contributed by atoms with Crippen LogP contribution in [-0.4, -0.2) is 23.8 Å². The van der Waals surface area contributed by atoms with Crippen LogP contribution in [0.3, 0.4) is 0 Å². The number of carbonyl (C=O) groups excluding carboxylic acids is 1. The van der Waals surface area contributed by atoms with Gasteiger partial charge in [-0.2, -0.15) is 0 Å². The van der Waals surface area contributed by atoms with Crippen LogP contribution in [0, 0.1) is 5.82 Å². The van der Waals surface area contributed by atoms with Crippen molar-refractivity contribution in [3.05, 3.63) is 35.6 Å². The first-order valence-corrected chi connectivity index (χ1v) is 5.23. The molecule has 1 aliphatic heterocycles. The lowest BCUT2D eigenvalue weighted by atomic mass is 10.2. The number of halogens is 1. The maximum absolute atomic E-state index is 12.7. The van der Waals surface area contributed by atoms with E-state index < -0.39 is 0 Å². The lowest BCUT2D eigenvalue weighted by Gasteiger charge is -2.19. The van der Waals surface area contributed by atoms with Gasteiger partial charge in [-0.25, -0.2) is 4.39 Å². The summed E-state index contributed by atoms with van der Waals surface area (Å²) in [7, 11) is 0. The Balaban J connectivity index is 2.02. The van der Waals surface area contributed by atoms with E-state index in [1.807, 2.05) is 0 Å². The number of benzene rings is 1. The third-order valence-electron chi connectivity index (χ3n) is 2.87. The minimum Gasteiger partial charge on any atom is -0.302 e. The Morgan fingerprint density at radius 1 is 1.40 bits per heavy atom. The third-order valence-corrected chi connectivity index (χ3v) is 2.87. The van der Waals surface area contributed by atoms with Crippen LogP contribution in [-0.2, 0) is 11.3 Å². The van der Waals surface area contributed by atoms with E-state index in [9.17, 15) is 9.18 Å². The monoisotopic (exact) mass is 207 g/mol. The van der Waals surface area contributed by atoms with Crippen molar-refractivity contribution in [2.24, 2.45) is 0 Å². The smallest absolute Gasteiger partial charge is 0.137 e. The summed E-state index contributed by atoms with van der Waals surface area (Å²) in [6, 6.07) is 6.52. The van der Waals surface area contributed by atoms with Crippen molar-refractivity contribution in [2.75, 3.05) is 6.54 Å². The molecule has 0 spiro atoms. The quantitative estimate of drug-likeness (QED) is 0.706. The lowest BCUT2D eigenvalue weighted by molar-refractivity contribution is -0.111. The van der Waals surface area contributed by atoms with Gasteiger partial charge in [-0.3, -0.25) is 4.90 Å². The van der Waals surface area contributed by atoms with Gasteiger partial charge in [0.25, 0.3) is 0 Å². The Hall–Kier alpha value is -1.22. The van der Waals surface area contributed by atoms with Crippen molar-refractivity contribution in [3.63, 3.8) is 0 Å². The van der Waals surface area contributed by atoms with Crippen LogP contribution in [0.4, 0.5) is 4.39 Å². The largest absolute Gasteiger partial charge is 0.302 e. The number of aldehydes is 1. The summed E-state index contributed by atoms with van der Waals surface area (Å²) in [4.78, 5) is 12.9. The van der Waals surface area contributed by atoms with Crippen molar-refractivity contribution in [1.29, 1.82) is 0 Å². The fourth-order valence-corrected chi connectivity index (χ4v) is 2.03. The molecule has 1 aromatic carbocycles. The second-order valence-electron chi connectivity index (χ2n) is 3.94. The fraction of sp³-hybridized carbons (Fsp3) is 0.417. The summed E-state index contributed by atoms with van der Waals surface area (Å²) in [5.74, 6) is -0.216. The van der Waals surface area contributed by atoms with E-state index in [-0.39, 0.29) is 11.9 Å². The second kappa shape index (κ2) is 4.53. The first-order chi connectivity index (χ1) is 7.29. The second-order valence-corrected chi connectivity index (χ2v) is 3.94. The van der Waals surface area contributed by atoms with E-state index in [4.69, 9.17) is 0 Å². The van der Waals surface area contributed by atoms with Crippen molar-refractivity contribution < 1.29 is 9.18 Å². The molecule has 1 aromatic rings. The standard InChI is InChI=1S/C12H14FNO/c13-11-5-3-10(4-6-11)8-14-7-1-2-12(14)9-15/h3-6,9,12H,1-2,7-8H2/t12-/m0/s1. The van der Waals surface area contributed by atoms with Crippen LogP contribution in [0.15, 0.2) is 24.3 Å². The summed E-state index contributed by atoms with van der Waals surface area (Å²) < 4.78 is 12.7. The Morgan fingerprint density at radius 2 is 2.13 bits per heavy atom. The lowest BCUT2D eigenvalue weighted by Crippen LogP contribution is -2.29. The highest BCUT2D eigenvalue weighted by Crippen LogP contribution is 2.18. The van der Waals surface area contributed by atoms with Crippen molar-refractivity contribution in [1.82, 2.24) is 4.90 Å². The third kappa shape index (κ3) is 2.42. The van der Waals surface area contributed by atoms with E-state index in [0.29, 0.717) is 0 Å². The maximum Gasteiger partial charge on any atom is 0.137 e. The van der Waals surface area contributed by atoms with Gasteiger partial charge in [-0.1, -0.05) is 12.1 Å². The summed E-state index contributed by atoms with van der Waals surface area (Å²) in [5.41, 5.74) is 1.06. The topological polar surface area (TPSA) is 20.3 Å². The molecule has 0 aliphatic carbocycles. The molecule has 80 valence electrons. The zero-order chi connectivity index (χ0) is 10.7. The van der Waals surface area contributed by atoms with Gasteiger partial charge in [-0.15, -0.1) is 0 Å². The molecule has 0 bridgehead atoms. The molecule has 1 fully saturated rings. The first kappa shape index (κ1) is 10.3. The minimum atomic E-state index is -0.216. The van der Waals surface area contributed by atoms with Crippen LogP contribution >= 0.6 is 0 Å². The molecule has 15 heavy (non-hydrogen) atoms. The molecule has 0 aromatic heterocycles. The van der Waals surface area contributed by atoms with E-state index in [2.05, 4.69) is 4.90 Å². The minimum absolute atomic E-state index is 0.0510. The number of hydrogen-bond donors (Lipinski definition) is 0. The number of nitrogens with zero attached hydrogens (tertiary/aromatic N) is 1. The van der Waals surface area contributed by atoms with Crippen LogP contribution in [0.2, 0.25) is 0 Å². The molecular weight excluding hydrogens is 193 g/mol. The molecule has 2 nitrogen and oxygen atoms in total. The molecule has 1 aliphatic rings. The van der Waals surface area contributed by atoms with Gasteiger partial charge in [0.15, 0.2) is 0 Å². The van der Waals surface area contributed by atoms with E-state index in [1.165, 1.54) is 12.1 Å². The maximum atomic E-state index is 12.7. The molecular formula is C12H14FNO. The Labute approximate surface area is 88.7 Å². The number of likely N-dealkylation sites (tertiary alicyclic amines) is 1. The summed E-state index contributed by atoms with van der Waals surface area (Å²) in [5, 5.41) is 0. The van der Waals surface area contributed by atoms with E-state index >= 15 is 0 Å². The molecule has 0 saturated carbocycles. The van der Waals surface area contributed by atoms with Gasteiger partial charge in [-0.05, 0) is 37.1 Å². The molecule has 3 heteroatoms. The van der Waals surface area contributed by atoms with Gasteiger partial charge in [0.1, 0.15) is 12.1 Å². The van der Waals surface area contributed by atoms with Gasteiger partial charge in [0.2, 0.25) is 0 Å². The highest BCUT2D eigenvalue weighted by atomic mass is 19.1. The Morgan fingerprint density at radius 3 is 2.80 bits per heavy atom. The van der Waals surface area contributed by atoms with Gasteiger partial charge in [0, 0.05) is 6.54 Å². The first-order valence-electron chi connectivity index (χ1n) is 5.23. The Kier molecular flexibility index (Phi) is 3.11. The highest BCUT2D eigenvalue weighted by molar-refractivity contribution is 5.58. The average Bonchev–Trinajstić information content (AvgIpc) is 2.69. The molecule has 1 saturated heterocycles. The van der Waals surface area contributed by atoms with Crippen molar-refractivity contribution >= 4 is 6.29 Å². The average molecular weight is 207 g/mol. The number of carbonyl (C=O) groups is 1.